The number of imidazole rings is 1. The Labute approximate surface area is 170 Å². The molecule has 2 aromatic carbocycles. The third-order valence-electron chi connectivity index (χ3n) is 5.31. The van der Waals surface area contributed by atoms with Crippen molar-refractivity contribution in [3.05, 3.63) is 77.6 Å². The fourth-order valence-electron chi connectivity index (χ4n) is 3.69. The van der Waals surface area contributed by atoms with Gasteiger partial charge in [0.1, 0.15) is 5.82 Å². The van der Waals surface area contributed by atoms with Gasteiger partial charge in [-0.05, 0) is 37.2 Å². The summed E-state index contributed by atoms with van der Waals surface area (Å²) >= 11 is 0. The molecule has 1 N–H and O–H groups in total. The SMILES string of the molecule is CNS(=O)(=O)c1ccc(N2CCc3c(ncn3CCc3ccccc3)C2)c(F)c1. The second-order valence-electron chi connectivity index (χ2n) is 7.06. The standard InChI is InChI=1S/C21H23FN4O2S/c1-23-29(27,28)17-7-8-20(18(22)13-17)25-12-10-21-19(14-25)24-15-26(21)11-9-16-5-3-2-4-6-16/h2-8,13,15,23H,9-12,14H2,1H3. The van der Waals surface area contributed by atoms with Crippen LogP contribution in [0.15, 0.2) is 59.8 Å². The molecule has 0 fully saturated rings. The molecule has 1 aliphatic rings. The van der Waals surface area contributed by atoms with E-state index in [1.54, 1.807) is 0 Å². The maximum Gasteiger partial charge on any atom is 0.240 e. The number of aryl methyl sites for hydroxylation is 2. The quantitative estimate of drug-likeness (QED) is 0.674. The van der Waals surface area contributed by atoms with Crippen LogP contribution in [-0.4, -0.2) is 31.6 Å². The first kappa shape index (κ1) is 19.6. The summed E-state index contributed by atoms with van der Waals surface area (Å²) in [6, 6.07) is 14.3. The summed E-state index contributed by atoms with van der Waals surface area (Å²) in [7, 11) is -2.36. The van der Waals surface area contributed by atoms with Gasteiger partial charge in [-0.3, -0.25) is 0 Å². The number of sulfonamides is 1. The molecule has 8 heteroatoms. The van der Waals surface area contributed by atoms with E-state index < -0.39 is 15.8 Å². The number of anilines is 1. The van der Waals surface area contributed by atoms with Crippen LogP contribution in [0.1, 0.15) is 17.0 Å². The monoisotopic (exact) mass is 414 g/mol. The second-order valence-corrected chi connectivity index (χ2v) is 8.95. The van der Waals surface area contributed by atoms with Gasteiger partial charge in [-0.15, -0.1) is 0 Å². The average molecular weight is 415 g/mol. The number of benzene rings is 2. The fourth-order valence-corrected chi connectivity index (χ4v) is 4.43. The van der Waals surface area contributed by atoms with E-state index in [9.17, 15) is 12.8 Å². The van der Waals surface area contributed by atoms with Crippen molar-refractivity contribution in [3.63, 3.8) is 0 Å². The predicted molar refractivity (Wildman–Crippen MR) is 110 cm³/mol. The molecule has 0 aliphatic carbocycles. The number of hydrogen-bond donors (Lipinski definition) is 1. The van der Waals surface area contributed by atoms with Crippen molar-refractivity contribution in [1.82, 2.24) is 14.3 Å². The number of fused-ring (bicyclic) bond motifs is 1. The minimum absolute atomic E-state index is 0.0795. The Kier molecular flexibility index (Phi) is 5.38. The molecule has 0 spiro atoms. The maximum atomic E-state index is 14.6. The zero-order valence-electron chi connectivity index (χ0n) is 16.2. The molecule has 1 aromatic heterocycles. The molecule has 3 aromatic rings. The van der Waals surface area contributed by atoms with Crippen LogP contribution in [0.25, 0.3) is 0 Å². The Morgan fingerprint density at radius 3 is 2.69 bits per heavy atom. The lowest BCUT2D eigenvalue weighted by molar-refractivity contribution is 0.579. The van der Waals surface area contributed by atoms with Crippen molar-refractivity contribution in [3.8, 4) is 0 Å². The van der Waals surface area contributed by atoms with Gasteiger partial charge in [-0.2, -0.15) is 0 Å². The molecular weight excluding hydrogens is 391 g/mol. The number of halogens is 1. The zero-order valence-corrected chi connectivity index (χ0v) is 17.0. The van der Waals surface area contributed by atoms with E-state index >= 15 is 0 Å². The van der Waals surface area contributed by atoms with E-state index in [-0.39, 0.29) is 4.90 Å². The largest absolute Gasteiger partial charge is 0.363 e. The summed E-state index contributed by atoms with van der Waals surface area (Å²) in [6.07, 6.45) is 3.56. The van der Waals surface area contributed by atoms with Gasteiger partial charge in [-0.1, -0.05) is 30.3 Å². The lowest BCUT2D eigenvalue weighted by Crippen LogP contribution is -2.32. The van der Waals surface area contributed by atoms with Crippen LogP contribution < -0.4 is 9.62 Å². The molecule has 29 heavy (non-hydrogen) atoms. The molecule has 0 amide bonds. The number of nitrogens with one attached hydrogen (secondary N) is 1. The average Bonchev–Trinajstić information content (AvgIpc) is 3.15. The zero-order chi connectivity index (χ0) is 20.4. The molecule has 0 bridgehead atoms. The summed E-state index contributed by atoms with van der Waals surface area (Å²) in [5.41, 5.74) is 3.80. The molecule has 2 heterocycles. The molecule has 0 radical (unpaired) electrons. The van der Waals surface area contributed by atoms with Crippen molar-refractivity contribution in [2.45, 2.75) is 30.8 Å². The Morgan fingerprint density at radius 2 is 1.97 bits per heavy atom. The topological polar surface area (TPSA) is 67.2 Å². The van der Waals surface area contributed by atoms with Gasteiger partial charge >= 0.3 is 0 Å². The molecule has 1 aliphatic heterocycles. The second kappa shape index (κ2) is 7.96. The third-order valence-corrected chi connectivity index (χ3v) is 6.73. The highest BCUT2D eigenvalue weighted by Gasteiger charge is 2.24. The maximum absolute atomic E-state index is 14.6. The molecule has 6 nitrogen and oxygen atoms in total. The van der Waals surface area contributed by atoms with E-state index in [2.05, 4.69) is 26.4 Å². The predicted octanol–water partition coefficient (Wildman–Crippen LogP) is 2.74. The van der Waals surface area contributed by atoms with Crippen molar-refractivity contribution in [2.75, 3.05) is 18.5 Å². The van der Waals surface area contributed by atoms with Gasteiger partial charge in [0.15, 0.2) is 0 Å². The Hall–Kier alpha value is -2.71. The highest BCUT2D eigenvalue weighted by molar-refractivity contribution is 7.89. The minimum Gasteiger partial charge on any atom is -0.363 e. The number of hydrogen-bond acceptors (Lipinski definition) is 4. The summed E-state index contributed by atoms with van der Waals surface area (Å²) < 4.78 is 42.7. The van der Waals surface area contributed by atoms with E-state index in [4.69, 9.17) is 0 Å². The van der Waals surface area contributed by atoms with Gasteiger partial charge in [-0.25, -0.2) is 22.5 Å². The van der Waals surface area contributed by atoms with Crippen molar-refractivity contribution < 1.29 is 12.8 Å². The van der Waals surface area contributed by atoms with Gasteiger partial charge in [0.05, 0.1) is 29.1 Å². The first-order valence-corrected chi connectivity index (χ1v) is 11.0. The summed E-state index contributed by atoms with van der Waals surface area (Å²) in [6.45, 7) is 2.01. The molecule has 4 rings (SSSR count). The molecular formula is C21H23FN4O2S. The first-order valence-electron chi connectivity index (χ1n) is 9.53. The Balaban J connectivity index is 1.49. The van der Waals surface area contributed by atoms with Gasteiger partial charge < -0.3 is 9.47 Å². The lowest BCUT2D eigenvalue weighted by Gasteiger charge is -2.29. The fraction of sp³-hybridized carbons (Fsp3) is 0.286. The van der Waals surface area contributed by atoms with Gasteiger partial charge in [0, 0.05) is 25.2 Å². The molecule has 0 atom stereocenters. The summed E-state index contributed by atoms with van der Waals surface area (Å²) in [5.74, 6) is -0.548. The van der Waals surface area contributed by atoms with Crippen LogP contribution in [0.3, 0.4) is 0 Å². The number of nitrogens with zero attached hydrogens (tertiary/aromatic N) is 3. The van der Waals surface area contributed by atoms with Gasteiger partial charge in [0.2, 0.25) is 10.0 Å². The summed E-state index contributed by atoms with van der Waals surface area (Å²) in [5, 5.41) is 0. The highest BCUT2D eigenvalue weighted by Crippen LogP contribution is 2.28. The summed E-state index contributed by atoms with van der Waals surface area (Å²) in [4.78, 5) is 6.36. The molecule has 0 saturated heterocycles. The van der Waals surface area contributed by atoms with Crippen LogP contribution in [-0.2, 0) is 36.0 Å². The molecule has 0 unspecified atom stereocenters. The number of rotatable bonds is 6. The van der Waals surface area contributed by atoms with Crippen molar-refractivity contribution in [1.29, 1.82) is 0 Å². The first-order chi connectivity index (χ1) is 14.0. The number of aromatic nitrogens is 2. The highest BCUT2D eigenvalue weighted by atomic mass is 32.2. The van der Waals surface area contributed by atoms with Crippen LogP contribution >= 0.6 is 0 Å². The van der Waals surface area contributed by atoms with Crippen LogP contribution in [0.4, 0.5) is 10.1 Å². The van der Waals surface area contributed by atoms with E-state index in [1.807, 2.05) is 29.4 Å². The van der Waals surface area contributed by atoms with E-state index in [0.29, 0.717) is 18.8 Å². The molecule has 152 valence electrons. The van der Waals surface area contributed by atoms with E-state index in [0.717, 1.165) is 31.1 Å². The lowest BCUT2D eigenvalue weighted by atomic mass is 10.1. The normalized spacial score (nSPS) is 14.1. The smallest absolute Gasteiger partial charge is 0.240 e. The van der Waals surface area contributed by atoms with Crippen molar-refractivity contribution in [2.24, 2.45) is 0 Å². The van der Waals surface area contributed by atoms with Crippen LogP contribution in [0, 0.1) is 5.82 Å². The minimum atomic E-state index is -3.67. The van der Waals surface area contributed by atoms with Crippen molar-refractivity contribution >= 4 is 15.7 Å². The van der Waals surface area contributed by atoms with Crippen LogP contribution in [0.2, 0.25) is 0 Å². The Morgan fingerprint density at radius 1 is 1.17 bits per heavy atom. The van der Waals surface area contributed by atoms with Gasteiger partial charge in [0.25, 0.3) is 0 Å². The molecule has 0 saturated carbocycles. The third kappa shape index (κ3) is 4.04. The van der Waals surface area contributed by atoms with E-state index in [1.165, 1.54) is 30.4 Å². The van der Waals surface area contributed by atoms with Crippen LogP contribution in [0.5, 0.6) is 0 Å². The Bertz CT molecular complexity index is 1110.